The summed E-state index contributed by atoms with van der Waals surface area (Å²) in [7, 11) is 0. The molecule has 0 radical (unpaired) electrons. The molecular weight excluding hydrogens is 625 g/mol. The van der Waals surface area contributed by atoms with Crippen molar-refractivity contribution in [2.75, 3.05) is 4.90 Å². The quantitative estimate of drug-likeness (QED) is 0.186. The Morgan fingerprint density at radius 1 is 0.720 bits per heavy atom. The van der Waals surface area contributed by atoms with Crippen molar-refractivity contribution in [3.8, 4) is 22.3 Å². The molecule has 0 saturated carbocycles. The van der Waals surface area contributed by atoms with Crippen molar-refractivity contribution in [2.24, 2.45) is 5.73 Å². The van der Waals surface area contributed by atoms with Gasteiger partial charge < -0.3 is 10.6 Å². The fraction of sp³-hybridized carbons (Fsp3) is 0.0638. The van der Waals surface area contributed by atoms with E-state index in [0.29, 0.717) is 5.70 Å². The van der Waals surface area contributed by atoms with Gasteiger partial charge in [-0.15, -0.1) is 11.3 Å². The smallest absolute Gasteiger partial charge is 0.0494 e. The van der Waals surface area contributed by atoms with Crippen LogP contribution in [-0.4, -0.2) is 0 Å². The van der Waals surface area contributed by atoms with E-state index in [1.54, 1.807) is 12.2 Å². The monoisotopic (exact) mass is 662 g/mol. The Kier molecular flexibility index (Phi) is 8.50. The SMILES string of the molecule is C1=Cc2cc3sc4ccccc4c3cc2N(Cc2ccccc2)c2ccc(-c3cccc4c3Cc3ccccc3-4)cc21.C=C/C(N)=C\C=C/C. The number of benzene rings is 6. The van der Waals surface area contributed by atoms with Gasteiger partial charge in [-0.05, 0) is 106 Å². The average molecular weight is 663 g/mol. The summed E-state index contributed by atoms with van der Waals surface area (Å²) >= 11 is 1.88. The number of hydrogen-bond donors (Lipinski definition) is 1. The van der Waals surface area contributed by atoms with Crippen LogP contribution in [0.3, 0.4) is 0 Å². The summed E-state index contributed by atoms with van der Waals surface area (Å²) < 4.78 is 2.68. The predicted octanol–water partition coefficient (Wildman–Crippen LogP) is 12.7. The van der Waals surface area contributed by atoms with E-state index in [9.17, 15) is 0 Å². The summed E-state index contributed by atoms with van der Waals surface area (Å²) in [5.74, 6) is 0. The normalized spacial score (nSPS) is 13.0. The van der Waals surface area contributed by atoms with Crippen molar-refractivity contribution in [2.45, 2.75) is 19.9 Å². The molecule has 0 atom stereocenters. The zero-order valence-electron chi connectivity index (χ0n) is 28.1. The minimum Gasteiger partial charge on any atom is -0.399 e. The second kappa shape index (κ2) is 13.5. The maximum Gasteiger partial charge on any atom is 0.0494 e. The third-order valence-electron chi connectivity index (χ3n) is 9.64. The highest BCUT2D eigenvalue weighted by Crippen LogP contribution is 2.46. The number of allylic oxidation sites excluding steroid dienone is 4. The van der Waals surface area contributed by atoms with Crippen LogP contribution in [0, 0.1) is 0 Å². The number of rotatable bonds is 5. The molecule has 0 unspecified atom stereocenters. The largest absolute Gasteiger partial charge is 0.399 e. The van der Waals surface area contributed by atoms with Crippen LogP contribution < -0.4 is 10.6 Å². The van der Waals surface area contributed by atoms with Crippen LogP contribution in [0.4, 0.5) is 11.4 Å². The molecule has 242 valence electrons. The predicted molar refractivity (Wildman–Crippen MR) is 218 cm³/mol. The van der Waals surface area contributed by atoms with E-state index in [4.69, 9.17) is 5.73 Å². The van der Waals surface area contributed by atoms with Crippen LogP contribution in [0.2, 0.25) is 0 Å². The third kappa shape index (κ3) is 5.87. The van der Waals surface area contributed by atoms with Crippen molar-refractivity contribution >= 4 is 55.0 Å². The van der Waals surface area contributed by atoms with Gasteiger partial charge in [-0.2, -0.15) is 0 Å². The second-order valence-corrected chi connectivity index (χ2v) is 13.8. The summed E-state index contributed by atoms with van der Waals surface area (Å²) in [6.07, 6.45) is 12.8. The maximum absolute atomic E-state index is 5.35. The van der Waals surface area contributed by atoms with Crippen LogP contribution in [0.1, 0.15) is 34.7 Å². The van der Waals surface area contributed by atoms with Gasteiger partial charge in [-0.3, -0.25) is 0 Å². The third-order valence-corrected chi connectivity index (χ3v) is 10.8. The van der Waals surface area contributed by atoms with E-state index in [-0.39, 0.29) is 0 Å². The van der Waals surface area contributed by atoms with Crippen LogP contribution in [-0.2, 0) is 13.0 Å². The lowest BCUT2D eigenvalue weighted by molar-refractivity contribution is 0.975. The Morgan fingerprint density at radius 3 is 2.30 bits per heavy atom. The van der Waals surface area contributed by atoms with E-state index >= 15 is 0 Å². The highest BCUT2D eigenvalue weighted by atomic mass is 32.1. The van der Waals surface area contributed by atoms with Crippen molar-refractivity contribution in [3.63, 3.8) is 0 Å². The van der Waals surface area contributed by atoms with Crippen LogP contribution in [0.15, 0.2) is 164 Å². The van der Waals surface area contributed by atoms with Crippen molar-refractivity contribution < 1.29 is 0 Å². The summed E-state index contributed by atoms with van der Waals surface area (Å²) in [6, 6.07) is 47.1. The molecule has 2 aliphatic rings. The van der Waals surface area contributed by atoms with Gasteiger partial charge in [0.15, 0.2) is 0 Å². The fourth-order valence-corrected chi connectivity index (χ4v) is 8.33. The summed E-state index contributed by atoms with van der Waals surface area (Å²) in [4.78, 5) is 2.51. The number of nitrogens with zero attached hydrogens (tertiary/aromatic N) is 1. The lowest BCUT2D eigenvalue weighted by Gasteiger charge is -2.28. The Hall–Kier alpha value is -5.90. The van der Waals surface area contributed by atoms with Crippen LogP contribution in [0.25, 0.3) is 54.6 Å². The molecular formula is C47H38N2S. The molecule has 0 spiro atoms. The van der Waals surface area contributed by atoms with Gasteiger partial charge in [-0.25, -0.2) is 0 Å². The minimum atomic E-state index is 0.697. The molecule has 0 bridgehead atoms. The molecule has 2 N–H and O–H groups in total. The zero-order chi connectivity index (χ0) is 34.0. The van der Waals surface area contributed by atoms with E-state index < -0.39 is 0 Å². The molecule has 0 saturated heterocycles. The molecule has 0 fully saturated rings. The van der Waals surface area contributed by atoms with Crippen LogP contribution >= 0.6 is 11.3 Å². The molecule has 1 aliphatic carbocycles. The van der Waals surface area contributed by atoms with E-state index in [0.717, 1.165) is 13.0 Å². The zero-order valence-corrected chi connectivity index (χ0v) is 29.0. The topological polar surface area (TPSA) is 29.3 Å². The van der Waals surface area contributed by atoms with Gasteiger partial charge in [0.05, 0.1) is 0 Å². The van der Waals surface area contributed by atoms with Gasteiger partial charge >= 0.3 is 0 Å². The first-order valence-electron chi connectivity index (χ1n) is 17.1. The summed E-state index contributed by atoms with van der Waals surface area (Å²) in [5.41, 5.74) is 20.6. The Bertz CT molecular complexity index is 2480. The molecule has 2 nitrogen and oxygen atoms in total. The van der Waals surface area contributed by atoms with Crippen molar-refractivity contribution in [3.05, 3.63) is 192 Å². The Labute approximate surface area is 298 Å². The van der Waals surface area contributed by atoms with Gasteiger partial charge in [0.1, 0.15) is 0 Å². The Morgan fingerprint density at radius 2 is 1.46 bits per heavy atom. The molecule has 7 aromatic rings. The lowest BCUT2D eigenvalue weighted by Crippen LogP contribution is -2.17. The van der Waals surface area contributed by atoms with E-state index in [2.05, 4.69) is 151 Å². The van der Waals surface area contributed by atoms with Crippen molar-refractivity contribution in [1.82, 2.24) is 0 Å². The molecule has 9 rings (SSSR count). The first kappa shape index (κ1) is 31.4. The number of hydrogen-bond acceptors (Lipinski definition) is 3. The maximum atomic E-state index is 5.35. The first-order chi connectivity index (χ1) is 24.6. The summed E-state index contributed by atoms with van der Waals surface area (Å²) in [5, 5.41) is 2.67. The first-order valence-corrected chi connectivity index (χ1v) is 17.9. The molecule has 2 heterocycles. The molecule has 1 aliphatic heterocycles. The number of anilines is 2. The molecule has 1 aromatic heterocycles. The highest BCUT2D eigenvalue weighted by Gasteiger charge is 2.24. The highest BCUT2D eigenvalue weighted by molar-refractivity contribution is 7.25. The lowest BCUT2D eigenvalue weighted by atomic mass is 9.94. The van der Waals surface area contributed by atoms with Gasteiger partial charge in [0.25, 0.3) is 0 Å². The molecule has 6 aromatic carbocycles. The van der Waals surface area contributed by atoms with Gasteiger partial charge in [0, 0.05) is 43.8 Å². The number of nitrogens with two attached hydrogens (primary N) is 1. The average Bonchev–Trinajstić information content (AvgIpc) is 3.69. The van der Waals surface area contributed by atoms with E-state index in [1.807, 2.05) is 30.4 Å². The van der Waals surface area contributed by atoms with Gasteiger partial charge in [-0.1, -0.05) is 128 Å². The molecule has 50 heavy (non-hydrogen) atoms. The molecule has 0 amide bonds. The van der Waals surface area contributed by atoms with Gasteiger partial charge in [0.2, 0.25) is 0 Å². The number of thiophene rings is 1. The molecule has 3 heteroatoms. The standard InChI is InChI=1S/C40H27NS.C7H11N/c1-2-9-26(10-3-1)25-41-37-20-19-28(32-14-8-15-33-31-12-5-4-11-27(31)22-35(32)33)21-29(37)17-18-30-23-40-36(24-38(30)41)34-13-6-7-16-39(34)42-40;1-3-5-6-7(8)4-2/h1-21,23-24H,22,25H2;3-6H,2,8H2,1H3/b;5-3-,7-6+. The Balaban J connectivity index is 0.000000406. The van der Waals surface area contributed by atoms with Crippen LogP contribution in [0.5, 0.6) is 0 Å². The van der Waals surface area contributed by atoms with Crippen molar-refractivity contribution in [1.29, 1.82) is 0 Å². The second-order valence-electron chi connectivity index (χ2n) is 12.7. The minimum absolute atomic E-state index is 0.697. The van der Waals surface area contributed by atoms with E-state index in [1.165, 1.54) is 81.6 Å². The number of fused-ring (bicyclic) bond motifs is 8. The fourth-order valence-electron chi connectivity index (χ4n) is 7.19. The summed E-state index contributed by atoms with van der Waals surface area (Å²) in [6.45, 7) is 6.23.